The van der Waals surface area contributed by atoms with Crippen LogP contribution in [0, 0.1) is 5.92 Å². The highest BCUT2D eigenvalue weighted by molar-refractivity contribution is 5.85. The van der Waals surface area contributed by atoms with Crippen LogP contribution in [-0.2, 0) is 16.1 Å². The number of carbonyl (C=O) groups excluding carboxylic acids is 2. The number of hydrogen-bond acceptors (Lipinski definition) is 3. The predicted octanol–water partition coefficient (Wildman–Crippen LogP) is 2.07. The molecule has 1 aromatic carbocycles. The molecule has 1 rings (SSSR count). The van der Waals surface area contributed by atoms with Gasteiger partial charge in [-0.05, 0) is 11.5 Å². The first-order chi connectivity index (χ1) is 9.58. The Morgan fingerprint density at radius 1 is 1.25 bits per heavy atom. The van der Waals surface area contributed by atoms with Gasteiger partial charge in [0.2, 0.25) is 5.91 Å². The molecule has 0 bridgehead atoms. The molecule has 0 aliphatic carbocycles. The molecule has 0 aliphatic rings. The first-order valence-corrected chi connectivity index (χ1v) is 6.77. The van der Waals surface area contributed by atoms with Crippen molar-refractivity contribution < 1.29 is 14.3 Å². The van der Waals surface area contributed by atoms with Crippen LogP contribution in [0.2, 0.25) is 0 Å². The van der Waals surface area contributed by atoms with Crippen LogP contribution in [0.4, 0.5) is 4.79 Å². The SMILES string of the molecule is CCC(C)C(NC(=O)OCc1ccccc1)C(=O)NC. The van der Waals surface area contributed by atoms with E-state index in [1.54, 1.807) is 7.05 Å². The molecule has 1 aromatic rings. The van der Waals surface area contributed by atoms with Crippen molar-refractivity contribution in [2.45, 2.75) is 32.9 Å². The quantitative estimate of drug-likeness (QED) is 0.837. The van der Waals surface area contributed by atoms with E-state index in [4.69, 9.17) is 4.74 Å². The average Bonchev–Trinajstić information content (AvgIpc) is 2.50. The Hall–Kier alpha value is -2.04. The van der Waals surface area contributed by atoms with Crippen molar-refractivity contribution in [2.24, 2.45) is 5.92 Å². The molecular formula is C15H22N2O3. The third-order valence-electron chi connectivity index (χ3n) is 3.23. The summed E-state index contributed by atoms with van der Waals surface area (Å²) in [5.74, 6) is -0.171. The standard InChI is InChI=1S/C15H22N2O3/c1-4-11(2)13(14(18)16-3)17-15(19)20-10-12-8-6-5-7-9-12/h5-9,11,13H,4,10H2,1-3H3,(H,16,18)(H,17,19). The molecule has 5 nitrogen and oxygen atoms in total. The fourth-order valence-corrected chi connectivity index (χ4v) is 1.75. The molecule has 0 fully saturated rings. The molecule has 110 valence electrons. The van der Waals surface area contributed by atoms with E-state index in [1.165, 1.54) is 0 Å². The summed E-state index contributed by atoms with van der Waals surface area (Å²) in [5.41, 5.74) is 0.905. The molecule has 2 unspecified atom stereocenters. The van der Waals surface area contributed by atoms with E-state index >= 15 is 0 Å². The lowest BCUT2D eigenvalue weighted by Crippen LogP contribution is -2.49. The minimum absolute atomic E-state index is 0.0409. The van der Waals surface area contributed by atoms with E-state index < -0.39 is 12.1 Å². The van der Waals surface area contributed by atoms with Crippen molar-refractivity contribution in [1.29, 1.82) is 0 Å². The van der Waals surface area contributed by atoms with Crippen molar-refractivity contribution in [3.63, 3.8) is 0 Å². The molecule has 2 atom stereocenters. The van der Waals surface area contributed by atoms with Gasteiger partial charge in [-0.2, -0.15) is 0 Å². The van der Waals surface area contributed by atoms with Crippen molar-refractivity contribution in [3.8, 4) is 0 Å². The Kier molecular flexibility index (Phi) is 6.56. The van der Waals surface area contributed by atoms with Crippen LogP contribution in [0.5, 0.6) is 0 Å². The monoisotopic (exact) mass is 278 g/mol. The van der Waals surface area contributed by atoms with Gasteiger partial charge in [-0.15, -0.1) is 0 Å². The molecule has 0 saturated heterocycles. The molecule has 0 heterocycles. The lowest BCUT2D eigenvalue weighted by Gasteiger charge is -2.22. The molecule has 0 spiro atoms. The second-order valence-corrected chi connectivity index (χ2v) is 4.68. The summed E-state index contributed by atoms with van der Waals surface area (Å²) in [6.07, 6.45) is 0.208. The summed E-state index contributed by atoms with van der Waals surface area (Å²) in [7, 11) is 1.55. The van der Waals surface area contributed by atoms with Crippen LogP contribution in [0.25, 0.3) is 0 Å². The maximum absolute atomic E-state index is 11.8. The molecule has 0 aromatic heterocycles. The third kappa shape index (κ3) is 4.91. The fourth-order valence-electron chi connectivity index (χ4n) is 1.75. The van der Waals surface area contributed by atoms with Gasteiger partial charge in [0.05, 0.1) is 0 Å². The zero-order chi connectivity index (χ0) is 15.0. The van der Waals surface area contributed by atoms with Gasteiger partial charge < -0.3 is 15.4 Å². The Morgan fingerprint density at radius 3 is 2.45 bits per heavy atom. The summed E-state index contributed by atoms with van der Waals surface area (Å²) >= 11 is 0. The fraction of sp³-hybridized carbons (Fsp3) is 0.467. The van der Waals surface area contributed by atoms with Crippen LogP contribution in [-0.4, -0.2) is 25.1 Å². The Bertz CT molecular complexity index is 434. The van der Waals surface area contributed by atoms with Crippen molar-refractivity contribution in [2.75, 3.05) is 7.05 Å². The van der Waals surface area contributed by atoms with Crippen molar-refractivity contribution in [1.82, 2.24) is 10.6 Å². The number of benzene rings is 1. The maximum Gasteiger partial charge on any atom is 0.408 e. The average molecular weight is 278 g/mol. The molecule has 0 saturated carbocycles. The molecule has 2 N–H and O–H groups in total. The molecule has 0 aliphatic heterocycles. The third-order valence-corrected chi connectivity index (χ3v) is 3.23. The smallest absolute Gasteiger partial charge is 0.408 e. The normalized spacial score (nSPS) is 13.2. The number of amides is 2. The van der Waals surface area contributed by atoms with E-state index in [0.717, 1.165) is 12.0 Å². The Balaban J connectivity index is 2.51. The number of hydrogen-bond donors (Lipinski definition) is 2. The summed E-state index contributed by atoms with van der Waals surface area (Å²) in [5, 5.41) is 5.17. The number of ether oxygens (including phenoxy) is 1. The van der Waals surface area contributed by atoms with Crippen molar-refractivity contribution in [3.05, 3.63) is 35.9 Å². The molecule has 5 heteroatoms. The van der Waals surface area contributed by atoms with Gasteiger partial charge in [0.1, 0.15) is 12.6 Å². The predicted molar refractivity (Wildman–Crippen MR) is 77.1 cm³/mol. The first-order valence-electron chi connectivity index (χ1n) is 6.77. The van der Waals surface area contributed by atoms with E-state index in [9.17, 15) is 9.59 Å². The van der Waals surface area contributed by atoms with Gasteiger partial charge in [0.15, 0.2) is 0 Å². The van der Waals surface area contributed by atoms with Crippen LogP contribution in [0.15, 0.2) is 30.3 Å². The zero-order valence-corrected chi connectivity index (χ0v) is 12.2. The lowest BCUT2D eigenvalue weighted by atomic mass is 9.99. The van der Waals surface area contributed by atoms with Crippen molar-refractivity contribution >= 4 is 12.0 Å². The van der Waals surface area contributed by atoms with Crippen LogP contribution in [0.1, 0.15) is 25.8 Å². The van der Waals surface area contributed by atoms with Gasteiger partial charge in [0, 0.05) is 7.05 Å². The highest BCUT2D eigenvalue weighted by Crippen LogP contribution is 2.08. The number of carbonyl (C=O) groups is 2. The van der Waals surface area contributed by atoms with Gasteiger partial charge in [-0.1, -0.05) is 50.6 Å². The molecule has 0 radical (unpaired) electrons. The topological polar surface area (TPSA) is 67.4 Å². The van der Waals surface area contributed by atoms with Gasteiger partial charge >= 0.3 is 6.09 Å². The van der Waals surface area contributed by atoms with Crippen LogP contribution >= 0.6 is 0 Å². The largest absolute Gasteiger partial charge is 0.445 e. The number of rotatable bonds is 6. The van der Waals surface area contributed by atoms with Crippen LogP contribution in [0.3, 0.4) is 0 Å². The first kappa shape index (κ1) is 16.0. The van der Waals surface area contributed by atoms with E-state index in [1.807, 2.05) is 44.2 Å². The Morgan fingerprint density at radius 2 is 1.90 bits per heavy atom. The second kappa shape index (κ2) is 8.19. The summed E-state index contributed by atoms with van der Waals surface area (Å²) < 4.78 is 5.12. The van der Waals surface area contributed by atoms with E-state index in [2.05, 4.69) is 10.6 Å². The molecular weight excluding hydrogens is 256 g/mol. The van der Waals surface area contributed by atoms with Gasteiger partial charge in [-0.3, -0.25) is 4.79 Å². The zero-order valence-electron chi connectivity index (χ0n) is 12.2. The summed E-state index contributed by atoms with van der Waals surface area (Å²) in [4.78, 5) is 23.5. The van der Waals surface area contributed by atoms with Gasteiger partial charge in [0.25, 0.3) is 0 Å². The summed E-state index contributed by atoms with van der Waals surface area (Å²) in [6, 6.07) is 8.82. The van der Waals surface area contributed by atoms with Crippen LogP contribution < -0.4 is 10.6 Å². The molecule has 2 amide bonds. The summed E-state index contributed by atoms with van der Waals surface area (Å²) in [6.45, 7) is 4.07. The maximum atomic E-state index is 11.8. The number of alkyl carbamates (subject to hydrolysis) is 1. The molecule has 20 heavy (non-hydrogen) atoms. The second-order valence-electron chi connectivity index (χ2n) is 4.68. The highest BCUT2D eigenvalue weighted by Gasteiger charge is 2.25. The number of nitrogens with one attached hydrogen (secondary N) is 2. The number of likely N-dealkylation sites (N-methyl/N-ethyl adjacent to an activating group) is 1. The van der Waals surface area contributed by atoms with E-state index in [-0.39, 0.29) is 18.4 Å². The Labute approximate surface area is 119 Å². The van der Waals surface area contributed by atoms with E-state index in [0.29, 0.717) is 0 Å². The minimum atomic E-state index is -0.581. The highest BCUT2D eigenvalue weighted by atomic mass is 16.5. The van der Waals surface area contributed by atoms with Gasteiger partial charge in [-0.25, -0.2) is 4.79 Å². The lowest BCUT2D eigenvalue weighted by molar-refractivity contribution is -0.123. The minimum Gasteiger partial charge on any atom is -0.445 e.